The first-order valence-electron chi connectivity index (χ1n) is 6.25. The third-order valence-corrected chi connectivity index (χ3v) is 3.93. The van der Waals surface area contributed by atoms with Crippen LogP contribution < -0.4 is 15.8 Å². The molecular weight excluding hydrogens is 300 g/mol. The molecule has 1 aromatic carbocycles. The van der Waals surface area contributed by atoms with Crippen LogP contribution >= 0.6 is 0 Å². The first-order valence-corrected chi connectivity index (χ1v) is 7.80. The van der Waals surface area contributed by atoms with Crippen LogP contribution in [-0.4, -0.2) is 45.7 Å². The molecule has 0 spiro atoms. The van der Waals surface area contributed by atoms with Crippen LogP contribution in [0.3, 0.4) is 0 Å². The van der Waals surface area contributed by atoms with E-state index in [1.807, 2.05) is 0 Å². The van der Waals surface area contributed by atoms with Crippen molar-refractivity contribution in [2.24, 2.45) is 5.14 Å². The number of nitrogens with one attached hydrogen (secondary N) is 2. The van der Waals surface area contributed by atoms with Crippen molar-refractivity contribution >= 4 is 21.4 Å². The lowest BCUT2D eigenvalue weighted by Crippen LogP contribution is -2.42. The highest BCUT2D eigenvalue weighted by molar-refractivity contribution is 7.89. The Morgan fingerprint density at radius 1 is 1.52 bits per heavy atom. The van der Waals surface area contributed by atoms with Crippen molar-refractivity contribution in [3.05, 3.63) is 28.3 Å². The van der Waals surface area contributed by atoms with Gasteiger partial charge in [0.1, 0.15) is 5.69 Å². The monoisotopic (exact) mass is 316 g/mol. The van der Waals surface area contributed by atoms with E-state index in [0.29, 0.717) is 19.7 Å². The minimum Gasteiger partial charge on any atom is -0.377 e. The number of nitrogens with two attached hydrogens (primary N) is 1. The Hall–Kier alpha value is -1.75. The molecular formula is C11H16N4O5S. The molecule has 0 saturated carbocycles. The van der Waals surface area contributed by atoms with Crippen LogP contribution in [0.25, 0.3) is 0 Å². The molecule has 1 aromatic rings. The molecule has 116 valence electrons. The number of hydrogen-bond donors (Lipinski definition) is 3. The van der Waals surface area contributed by atoms with Gasteiger partial charge >= 0.3 is 0 Å². The van der Waals surface area contributed by atoms with Gasteiger partial charge in [0.2, 0.25) is 10.0 Å². The summed E-state index contributed by atoms with van der Waals surface area (Å²) in [5.41, 5.74) is -0.119. The lowest BCUT2D eigenvalue weighted by Gasteiger charge is -2.24. The van der Waals surface area contributed by atoms with Crippen LogP contribution in [0.1, 0.15) is 0 Å². The molecule has 1 aliphatic heterocycles. The number of ether oxygens (including phenoxy) is 1. The van der Waals surface area contributed by atoms with Gasteiger partial charge in [0.15, 0.2) is 0 Å². The molecule has 1 saturated heterocycles. The van der Waals surface area contributed by atoms with Crippen molar-refractivity contribution in [3.63, 3.8) is 0 Å². The minimum absolute atomic E-state index is 0.101. The van der Waals surface area contributed by atoms with Gasteiger partial charge in [-0.3, -0.25) is 10.1 Å². The Labute approximate surface area is 121 Å². The number of benzene rings is 1. The zero-order valence-corrected chi connectivity index (χ0v) is 11.9. The zero-order chi connectivity index (χ0) is 15.5. The third kappa shape index (κ3) is 4.11. The maximum absolute atomic E-state index is 11.2. The smallest absolute Gasteiger partial charge is 0.293 e. The molecule has 1 fully saturated rings. The molecule has 0 aliphatic carbocycles. The minimum atomic E-state index is -3.98. The summed E-state index contributed by atoms with van der Waals surface area (Å²) in [7, 11) is -3.98. The zero-order valence-electron chi connectivity index (χ0n) is 11.1. The number of rotatable bonds is 5. The summed E-state index contributed by atoms with van der Waals surface area (Å²) in [6, 6.07) is 3.50. The van der Waals surface area contributed by atoms with Gasteiger partial charge in [0.05, 0.1) is 22.5 Å². The third-order valence-electron chi connectivity index (χ3n) is 3.02. The van der Waals surface area contributed by atoms with Crippen molar-refractivity contribution < 1.29 is 18.1 Å². The van der Waals surface area contributed by atoms with Crippen LogP contribution in [0.5, 0.6) is 0 Å². The number of nitro benzene ring substituents is 1. The van der Waals surface area contributed by atoms with E-state index in [-0.39, 0.29) is 22.4 Å². The van der Waals surface area contributed by atoms with E-state index in [4.69, 9.17) is 9.88 Å². The molecule has 1 heterocycles. The predicted molar refractivity (Wildman–Crippen MR) is 75.6 cm³/mol. The molecule has 10 heteroatoms. The van der Waals surface area contributed by atoms with Crippen molar-refractivity contribution in [1.29, 1.82) is 0 Å². The van der Waals surface area contributed by atoms with E-state index < -0.39 is 14.9 Å². The fourth-order valence-corrected chi connectivity index (χ4v) is 2.50. The average Bonchev–Trinajstić information content (AvgIpc) is 2.45. The predicted octanol–water partition coefficient (Wildman–Crippen LogP) is -0.357. The number of nitro groups is 1. The maximum Gasteiger partial charge on any atom is 0.293 e. The van der Waals surface area contributed by atoms with Gasteiger partial charge in [-0.15, -0.1) is 0 Å². The molecule has 2 rings (SSSR count). The van der Waals surface area contributed by atoms with E-state index in [2.05, 4.69) is 10.6 Å². The molecule has 0 radical (unpaired) electrons. The Kier molecular flexibility index (Phi) is 4.73. The SMILES string of the molecule is NS(=O)(=O)c1ccc(NC[C@@H]2CNCCO2)c([N+](=O)[O-])c1. The molecule has 0 unspecified atom stereocenters. The summed E-state index contributed by atoms with van der Waals surface area (Å²) >= 11 is 0. The fraction of sp³-hybridized carbons (Fsp3) is 0.455. The summed E-state index contributed by atoms with van der Waals surface area (Å²) < 4.78 is 27.9. The van der Waals surface area contributed by atoms with Crippen molar-refractivity contribution in [2.75, 3.05) is 31.6 Å². The van der Waals surface area contributed by atoms with E-state index in [0.717, 1.165) is 12.6 Å². The Balaban J connectivity index is 2.16. The molecule has 9 nitrogen and oxygen atoms in total. The Morgan fingerprint density at radius 2 is 2.29 bits per heavy atom. The molecule has 4 N–H and O–H groups in total. The lowest BCUT2D eigenvalue weighted by atomic mass is 10.2. The highest BCUT2D eigenvalue weighted by Crippen LogP contribution is 2.27. The van der Waals surface area contributed by atoms with Crippen LogP contribution in [0, 0.1) is 10.1 Å². The van der Waals surface area contributed by atoms with Crippen LogP contribution in [0.2, 0.25) is 0 Å². The standard InChI is InChI=1S/C11H16N4O5S/c12-21(18,19)9-1-2-10(11(5-9)15(16)17)14-7-8-6-13-3-4-20-8/h1-2,5,8,13-14H,3-4,6-7H2,(H2,12,18,19)/t8-/m0/s1. The first kappa shape index (κ1) is 15.6. The number of sulfonamides is 1. The average molecular weight is 316 g/mol. The number of hydrogen-bond acceptors (Lipinski definition) is 7. The number of anilines is 1. The van der Waals surface area contributed by atoms with E-state index in [1.165, 1.54) is 12.1 Å². The van der Waals surface area contributed by atoms with Gasteiger partial charge in [-0.2, -0.15) is 0 Å². The summed E-state index contributed by atoms with van der Waals surface area (Å²) in [5, 5.41) is 22.0. The Bertz CT molecular complexity index is 628. The molecule has 0 amide bonds. The summed E-state index contributed by atoms with van der Waals surface area (Å²) in [4.78, 5) is 10.1. The van der Waals surface area contributed by atoms with Crippen LogP contribution in [0.4, 0.5) is 11.4 Å². The number of morpholine rings is 1. The highest BCUT2D eigenvalue weighted by atomic mass is 32.2. The van der Waals surface area contributed by atoms with Crippen LogP contribution in [0.15, 0.2) is 23.1 Å². The van der Waals surface area contributed by atoms with E-state index in [9.17, 15) is 18.5 Å². The molecule has 0 bridgehead atoms. The second-order valence-corrected chi connectivity index (χ2v) is 6.12. The van der Waals surface area contributed by atoms with Crippen molar-refractivity contribution in [1.82, 2.24) is 5.32 Å². The van der Waals surface area contributed by atoms with Gasteiger partial charge in [0.25, 0.3) is 5.69 Å². The van der Waals surface area contributed by atoms with Gasteiger partial charge in [-0.05, 0) is 12.1 Å². The topological polar surface area (TPSA) is 137 Å². The fourth-order valence-electron chi connectivity index (χ4n) is 1.96. The lowest BCUT2D eigenvalue weighted by molar-refractivity contribution is -0.384. The van der Waals surface area contributed by atoms with Gasteiger partial charge in [-0.25, -0.2) is 13.6 Å². The summed E-state index contributed by atoms with van der Waals surface area (Å²) in [6.45, 7) is 2.39. The van der Waals surface area contributed by atoms with Gasteiger partial charge in [-0.1, -0.05) is 0 Å². The molecule has 21 heavy (non-hydrogen) atoms. The Morgan fingerprint density at radius 3 is 2.86 bits per heavy atom. The second kappa shape index (κ2) is 6.35. The van der Waals surface area contributed by atoms with Gasteiger partial charge in [0, 0.05) is 25.7 Å². The number of primary sulfonamides is 1. The molecule has 1 atom stereocenters. The second-order valence-electron chi connectivity index (χ2n) is 4.56. The maximum atomic E-state index is 11.2. The summed E-state index contributed by atoms with van der Waals surface area (Å²) in [5.74, 6) is 0. The normalized spacial score (nSPS) is 19.2. The highest BCUT2D eigenvalue weighted by Gasteiger charge is 2.20. The largest absolute Gasteiger partial charge is 0.377 e. The van der Waals surface area contributed by atoms with E-state index in [1.54, 1.807) is 0 Å². The van der Waals surface area contributed by atoms with Crippen LogP contribution in [-0.2, 0) is 14.8 Å². The quantitative estimate of drug-likeness (QED) is 0.498. The van der Waals surface area contributed by atoms with Crippen molar-refractivity contribution in [3.8, 4) is 0 Å². The molecule has 1 aliphatic rings. The van der Waals surface area contributed by atoms with Gasteiger partial charge < -0.3 is 15.4 Å². The van der Waals surface area contributed by atoms with Crippen molar-refractivity contribution in [2.45, 2.75) is 11.0 Å². The van der Waals surface area contributed by atoms with E-state index >= 15 is 0 Å². The molecule has 0 aromatic heterocycles. The summed E-state index contributed by atoms with van der Waals surface area (Å²) in [6.07, 6.45) is -0.101. The number of nitrogens with zero attached hydrogens (tertiary/aromatic N) is 1. The first-order chi connectivity index (χ1) is 9.88.